The molecule has 0 saturated carbocycles. The van der Waals surface area contributed by atoms with Gasteiger partial charge in [0.05, 0.1) is 11.5 Å². The molecular formula is C17H18N6O. The maximum atomic E-state index is 5.89. The zero-order chi connectivity index (χ0) is 16.4. The Morgan fingerprint density at radius 1 is 1.21 bits per heavy atom. The number of aromatic nitrogens is 4. The molecule has 2 atom stereocenters. The number of ether oxygens (including phenoxy) is 1. The molecule has 3 N–H and O–H groups in total. The fourth-order valence-electron chi connectivity index (χ4n) is 2.99. The molecule has 0 unspecified atom stereocenters. The van der Waals surface area contributed by atoms with E-state index in [-0.39, 0.29) is 12.1 Å². The zero-order valence-corrected chi connectivity index (χ0v) is 13.1. The van der Waals surface area contributed by atoms with E-state index in [0.717, 1.165) is 29.6 Å². The van der Waals surface area contributed by atoms with Crippen molar-refractivity contribution in [2.75, 3.05) is 17.7 Å². The van der Waals surface area contributed by atoms with Gasteiger partial charge in [-0.15, -0.1) is 0 Å². The molecule has 7 heteroatoms. The highest BCUT2D eigenvalue weighted by Gasteiger charge is 2.24. The molecule has 0 aromatic carbocycles. The molecule has 3 aromatic rings. The van der Waals surface area contributed by atoms with Crippen molar-refractivity contribution in [3.8, 4) is 0 Å². The van der Waals surface area contributed by atoms with Gasteiger partial charge in [-0.3, -0.25) is 4.98 Å². The molecule has 1 aliphatic rings. The number of anilines is 2. The Morgan fingerprint density at radius 2 is 2.17 bits per heavy atom. The molecule has 7 nitrogen and oxygen atoms in total. The molecule has 0 amide bonds. The van der Waals surface area contributed by atoms with Gasteiger partial charge in [0, 0.05) is 25.0 Å². The number of nitrogens with two attached hydrogens (primary N) is 1. The fourth-order valence-corrected chi connectivity index (χ4v) is 2.99. The van der Waals surface area contributed by atoms with Crippen molar-refractivity contribution in [3.05, 3.63) is 48.5 Å². The lowest BCUT2D eigenvalue weighted by atomic mass is 9.98. The summed E-state index contributed by atoms with van der Waals surface area (Å²) in [5.41, 5.74) is 7.43. The first-order valence-electron chi connectivity index (χ1n) is 7.95. The number of nitrogens with one attached hydrogen (secondary N) is 1. The number of pyridine rings is 2. The third-order valence-corrected chi connectivity index (χ3v) is 4.20. The predicted octanol–water partition coefficient (Wildman–Crippen LogP) is 2.33. The molecule has 3 aromatic heterocycles. The van der Waals surface area contributed by atoms with Gasteiger partial charge in [0.1, 0.15) is 18.0 Å². The average Bonchev–Trinajstić information content (AvgIpc) is 2.63. The normalized spacial score (nSPS) is 20.8. The minimum atomic E-state index is 0.0480. The quantitative estimate of drug-likeness (QED) is 0.763. The second-order valence-corrected chi connectivity index (χ2v) is 5.84. The summed E-state index contributed by atoms with van der Waals surface area (Å²) in [6, 6.07) is 7.91. The van der Waals surface area contributed by atoms with Gasteiger partial charge in [-0.05, 0) is 36.6 Å². The van der Waals surface area contributed by atoms with Crippen LogP contribution in [0.2, 0.25) is 0 Å². The zero-order valence-electron chi connectivity index (χ0n) is 13.1. The Labute approximate surface area is 139 Å². The molecule has 24 heavy (non-hydrogen) atoms. The van der Waals surface area contributed by atoms with Gasteiger partial charge in [0.15, 0.2) is 5.65 Å². The standard InChI is InChI=1S/C17H18N6O/c18-15-4-3-13-16(20-10-21-17(13)23-15)22-12-5-7-24-14(8-12)11-2-1-6-19-9-11/h1-4,6,9-10,12,14H,5,7-8H2,(H3,18,20,21,22,23)/t12-,14-/m1/s1. The smallest absolute Gasteiger partial charge is 0.166 e. The van der Waals surface area contributed by atoms with E-state index in [0.29, 0.717) is 18.1 Å². The fraction of sp³-hybridized carbons (Fsp3) is 0.294. The first-order chi connectivity index (χ1) is 11.8. The highest BCUT2D eigenvalue weighted by atomic mass is 16.5. The first kappa shape index (κ1) is 14.8. The predicted molar refractivity (Wildman–Crippen MR) is 91.3 cm³/mol. The number of hydrogen-bond acceptors (Lipinski definition) is 7. The van der Waals surface area contributed by atoms with E-state index in [1.54, 1.807) is 12.3 Å². The van der Waals surface area contributed by atoms with Crippen molar-refractivity contribution in [1.82, 2.24) is 19.9 Å². The second-order valence-electron chi connectivity index (χ2n) is 5.84. The van der Waals surface area contributed by atoms with Crippen LogP contribution < -0.4 is 11.1 Å². The minimum absolute atomic E-state index is 0.0480. The van der Waals surface area contributed by atoms with Crippen LogP contribution in [0.3, 0.4) is 0 Å². The second kappa shape index (κ2) is 6.37. The van der Waals surface area contributed by atoms with Crippen LogP contribution in [0.15, 0.2) is 43.0 Å². The van der Waals surface area contributed by atoms with E-state index in [4.69, 9.17) is 10.5 Å². The summed E-state index contributed by atoms with van der Waals surface area (Å²) in [5, 5.41) is 4.38. The summed E-state index contributed by atoms with van der Waals surface area (Å²) in [4.78, 5) is 17.0. The van der Waals surface area contributed by atoms with Gasteiger partial charge in [-0.25, -0.2) is 15.0 Å². The van der Waals surface area contributed by atoms with Gasteiger partial charge in [0.25, 0.3) is 0 Å². The monoisotopic (exact) mass is 322 g/mol. The van der Waals surface area contributed by atoms with Gasteiger partial charge >= 0.3 is 0 Å². The van der Waals surface area contributed by atoms with Crippen molar-refractivity contribution in [2.24, 2.45) is 0 Å². The number of rotatable bonds is 3. The van der Waals surface area contributed by atoms with Crippen LogP contribution in [0.25, 0.3) is 11.0 Å². The highest BCUT2D eigenvalue weighted by molar-refractivity contribution is 5.87. The lowest BCUT2D eigenvalue weighted by molar-refractivity contribution is 0.00957. The Hall–Kier alpha value is -2.80. The molecule has 0 radical (unpaired) electrons. The molecule has 122 valence electrons. The van der Waals surface area contributed by atoms with Crippen LogP contribution in [-0.2, 0) is 4.74 Å². The van der Waals surface area contributed by atoms with Crippen molar-refractivity contribution in [2.45, 2.75) is 25.0 Å². The SMILES string of the molecule is Nc1ccc2c(N[C@@H]3CCO[C@@H](c4cccnc4)C3)ncnc2n1. The lowest BCUT2D eigenvalue weighted by Crippen LogP contribution is -2.30. The van der Waals surface area contributed by atoms with E-state index in [1.807, 2.05) is 24.4 Å². The summed E-state index contributed by atoms with van der Waals surface area (Å²) in [7, 11) is 0. The maximum absolute atomic E-state index is 5.89. The Morgan fingerprint density at radius 3 is 3.04 bits per heavy atom. The summed E-state index contributed by atoms with van der Waals surface area (Å²) < 4.78 is 5.89. The third kappa shape index (κ3) is 2.98. The summed E-state index contributed by atoms with van der Waals surface area (Å²) >= 11 is 0. The van der Waals surface area contributed by atoms with Crippen LogP contribution >= 0.6 is 0 Å². The van der Waals surface area contributed by atoms with Gasteiger partial charge < -0.3 is 15.8 Å². The molecule has 4 rings (SSSR count). The van der Waals surface area contributed by atoms with Gasteiger partial charge in [-0.1, -0.05) is 6.07 Å². The molecule has 1 saturated heterocycles. The van der Waals surface area contributed by atoms with E-state index in [9.17, 15) is 0 Å². The maximum Gasteiger partial charge on any atom is 0.166 e. The van der Waals surface area contributed by atoms with Crippen LogP contribution in [0, 0.1) is 0 Å². The van der Waals surface area contributed by atoms with E-state index < -0.39 is 0 Å². The molecule has 1 fully saturated rings. The van der Waals surface area contributed by atoms with Gasteiger partial charge in [-0.2, -0.15) is 0 Å². The first-order valence-corrected chi connectivity index (χ1v) is 7.95. The molecule has 4 heterocycles. The van der Waals surface area contributed by atoms with Gasteiger partial charge in [0.2, 0.25) is 0 Å². The van der Waals surface area contributed by atoms with E-state index in [2.05, 4.69) is 25.3 Å². The molecule has 0 aliphatic carbocycles. The molecule has 0 bridgehead atoms. The Bertz CT molecular complexity index is 841. The molecule has 1 aliphatic heterocycles. The van der Waals surface area contributed by atoms with Crippen LogP contribution in [0.5, 0.6) is 0 Å². The summed E-state index contributed by atoms with van der Waals surface area (Å²) in [6.45, 7) is 0.700. The highest BCUT2D eigenvalue weighted by Crippen LogP contribution is 2.30. The van der Waals surface area contributed by atoms with Crippen LogP contribution in [0.1, 0.15) is 24.5 Å². The van der Waals surface area contributed by atoms with E-state index in [1.165, 1.54) is 6.33 Å². The van der Waals surface area contributed by atoms with Crippen molar-refractivity contribution in [1.29, 1.82) is 0 Å². The third-order valence-electron chi connectivity index (χ3n) is 4.20. The minimum Gasteiger partial charge on any atom is -0.384 e. The molecular weight excluding hydrogens is 304 g/mol. The number of hydrogen-bond donors (Lipinski definition) is 2. The number of fused-ring (bicyclic) bond motifs is 1. The van der Waals surface area contributed by atoms with Crippen LogP contribution in [0.4, 0.5) is 11.6 Å². The van der Waals surface area contributed by atoms with Crippen molar-refractivity contribution in [3.63, 3.8) is 0 Å². The largest absolute Gasteiger partial charge is 0.384 e. The van der Waals surface area contributed by atoms with Crippen molar-refractivity contribution < 1.29 is 4.74 Å². The van der Waals surface area contributed by atoms with E-state index >= 15 is 0 Å². The summed E-state index contributed by atoms with van der Waals surface area (Å²) in [6.07, 6.45) is 6.97. The van der Waals surface area contributed by atoms with Crippen LogP contribution in [-0.4, -0.2) is 32.6 Å². The topological polar surface area (TPSA) is 98.8 Å². The summed E-state index contributed by atoms with van der Waals surface area (Å²) in [5.74, 6) is 1.24. The average molecular weight is 322 g/mol. The Kier molecular flexibility index (Phi) is 3.92. The Balaban J connectivity index is 1.55. The number of nitrogen functional groups attached to an aromatic ring is 1. The van der Waals surface area contributed by atoms with Crippen molar-refractivity contribution >= 4 is 22.7 Å². The number of nitrogens with zero attached hydrogens (tertiary/aromatic N) is 4. The lowest BCUT2D eigenvalue weighted by Gasteiger charge is -2.30. The molecule has 0 spiro atoms.